The van der Waals surface area contributed by atoms with E-state index in [1.807, 2.05) is 6.92 Å². The number of ether oxygens (including phenoxy) is 1. The number of rotatable bonds is 7. The SMILES string of the molecule is CCCc1cc(=O)[nH]c(-n2nc(C)cc2NC(=O)C(=O)NC(C)COC)n1. The van der Waals surface area contributed by atoms with Crippen molar-refractivity contribution >= 4 is 17.6 Å². The molecule has 10 heteroatoms. The van der Waals surface area contributed by atoms with Crippen molar-refractivity contribution in [1.82, 2.24) is 25.1 Å². The summed E-state index contributed by atoms with van der Waals surface area (Å²) in [5.74, 6) is -1.26. The van der Waals surface area contributed by atoms with Crippen molar-refractivity contribution in [3.8, 4) is 5.95 Å². The van der Waals surface area contributed by atoms with Crippen LogP contribution in [0.25, 0.3) is 5.95 Å². The van der Waals surface area contributed by atoms with Gasteiger partial charge in [-0.1, -0.05) is 13.3 Å². The highest BCUT2D eigenvalue weighted by molar-refractivity contribution is 6.39. The standard InChI is InChI=1S/C17H24N6O4/c1-5-6-12-8-14(24)21-17(19-12)23-13(7-10(2)22-23)20-16(26)15(25)18-11(3)9-27-4/h7-8,11H,5-6,9H2,1-4H3,(H,18,25)(H,20,26)(H,19,21,24). The number of nitrogens with zero attached hydrogens (tertiary/aromatic N) is 3. The smallest absolute Gasteiger partial charge is 0.314 e. The first-order valence-corrected chi connectivity index (χ1v) is 8.62. The molecule has 2 aromatic heterocycles. The van der Waals surface area contributed by atoms with Crippen LogP contribution in [0.5, 0.6) is 0 Å². The lowest BCUT2D eigenvalue weighted by molar-refractivity contribution is -0.136. The van der Waals surface area contributed by atoms with Crippen LogP contribution in [0.2, 0.25) is 0 Å². The van der Waals surface area contributed by atoms with E-state index in [4.69, 9.17) is 4.74 Å². The van der Waals surface area contributed by atoms with Crippen LogP contribution in [0.3, 0.4) is 0 Å². The molecule has 3 N–H and O–H groups in total. The summed E-state index contributed by atoms with van der Waals surface area (Å²) in [4.78, 5) is 43.0. The van der Waals surface area contributed by atoms with Crippen LogP contribution >= 0.6 is 0 Å². The number of carbonyl (C=O) groups excluding carboxylic acids is 2. The molecule has 0 bridgehead atoms. The number of amides is 2. The van der Waals surface area contributed by atoms with Crippen LogP contribution in [0, 0.1) is 6.92 Å². The Morgan fingerprint density at radius 3 is 2.74 bits per heavy atom. The van der Waals surface area contributed by atoms with Crippen LogP contribution in [0.4, 0.5) is 5.82 Å². The molecule has 0 saturated carbocycles. The predicted octanol–water partition coefficient (Wildman–Crippen LogP) is 0.306. The summed E-state index contributed by atoms with van der Waals surface area (Å²) in [5, 5.41) is 9.26. The van der Waals surface area contributed by atoms with Gasteiger partial charge in [-0.25, -0.2) is 4.98 Å². The molecule has 0 aliphatic carbocycles. The minimum Gasteiger partial charge on any atom is -0.383 e. The second kappa shape index (κ2) is 9.08. The van der Waals surface area contributed by atoms with Crippen LogP contribution in [0.15, 0.2) is 16.9 Å². The van der Waals surface area contributed by atoms with Gasteiger partial charge in [0.05, 0.1) is 12.3 Å². The highest BCUT2D eigenvalue weighted by atomic mass is 16.5. The number of aromatic nitrogens is 4. The van der Waals surface area contributed by atoms with Gasteiger partial charge in [0.2, 0.25) is 5.95 Å². The lowest BCUT2D eigenvalue weighted by Crippen LogP contribution is -2.42. The quantitative estimate of drug-likeness (QED) is 0.596. The number of nitrogens with one attached hydrogen (secondary N) is 3. The van der Waals surface area contributed by atoms with Gasteiger partial charge >= 0.3 is 11.8 Å². The Morgan fingerprint density at radius 2 is 2.07 bits per heavy atom. The number of carbonyl (C=O) groups is 2. The Hall–Kier alpha value is -3.01. The Labute approximate surface area is 156 Å². The third kappa shape index (κ3) is 5.48. The summed E-state index contributed by atoms with van der Waals surface area (Å²) in [7, 11) is 1.50. The number of aromatic amines is 1. The fourth-order valence-corrected chi connectivity index (χ4v) is 2.48. The third-order valence-corrected chi connectivity index (χ3v) is 3.56. The fourth-order valence-electron chi connectivity index (χ4n) is 2.48. The van der Waals surface area contributed by atoms with Crippen molar-refractivity contribution in [2.24, 2.45) is 0 Å². The number of aryl methyl sites for hydroxylation is 2. The van der Waals surface area contributed by atoms with E-state index in [1.165, 1.54) is 17.9 Å². The lowest BCUT2D eigenvalue weighted by atomic mass is 10.2. The molecule has 10 nitrogen and oxygen atoms in total. The molecule has 2 heterocycles. The molecular weight excluding hydrogens is 352 g/mol. The van der Waals surface area contributed by atoms with Gasteiger partial charge in [-0.15, -0.1) is 0 Å². The maximum absolute atomic E-state index is 12.2. The summed E-state index contributed by atoms with van der Waals surface area (Å²) >= 11 is 0. The van der Waals surface area contributed by atoms with Crippen molar-refractivity contribution in [2.45, 2.75) is 39.7 Å². The average molecular weight is 376 g/mol. The molecule has 0 aromatic carbocycles. The maximum Gasteiger partial charge on any atom is 0.314 e. The first-order valence-electron chi connectivity index (χ1n) is 8.62. The van der Waals surface area contributed by atoms with E-state index in [0.717, 1.165) is 6.42 Å². The second-order valence-corrected chi connectivity index (χ2v) is 6.18. The number of anilines is 1. The highest BCUT2D eigenvalue weighted by Crippen LogP contribution is 2.14. The van der Waals surface area contributed by atoms with Gasteiger partial charge in [-0.05, 0) is 20.3 Å². The van der Waals surface area contributed by atoms with E-state index in [2.05, 4.69) is 25.7 Å². The van der Waals surface area contributed by atoms with E-state index in [9.17, 15) is 14.4 Å². The first kappa shape index (κ1) is 20.3. The molecule has 2 amide bonds. The molecule has 27 heavy (non-hydrogen) atoms. The van der Waals surface area contributed by atoms with E-state index < -0.39 is 11.8 Å². The number of H-pyrrole nitrogens is 1. The molecule has 0 fully saturated rings. The summed E-state index contributed by atoms with van der Waals surface area (Å²) < 4.78 is 6.21. The average Bonchev–Trinajstić information content (AvgIpc) is 2.95. The van der Waals surface area contributed by atoms with E-state index >= 15 is 0 Å². The zero-order valence-electron chi connectivity index (χ0n) is 15.8. The fraction of sp³-hybridized carbons (Fsp3) is 0.471. The summed E-state index contributed by atoms with van der Waals surface area (Å²) in [6.45, 7) is 5.71. The van der Waals surface area contributed by atoms with Gasteiger partial charge in [-0.3, -0.25) is 19.4 Å². The van der Waals surface area contributed by atoms with Crippen molar-refractivity contribution < 1.29 is 14.3 Å². The molecule has 1 unspecified atom stereocenters. The zero-order chi connectivity index (χ0) is 20.0. The largest absolute Gasteiger partial charge is 0.383 e. The molecule has 0 aliphatic rings. The number of methoxy groups -OCH3 is 1. The second-order valence-electron chi connectivity index (χ2n) is 6.18. The van der Waals surface area contributed by atoms with Crippen LogP contribution in [0.1, 0.15) is 31.7 Å². The number of hydrogen-bond acceptors (Lipinski definition) is 6. The Morgan fingerprint density at radius 1 is 1.33 bits per heavy atom. The molecule has 146 valence electrons. The Kier molecular flexibility index (Phi) is 6.83. The first-order chi connectivity index (χ1) is 12.8. The molecule has 2 aromatic rings. The van der Waals surface area contributed by atoms with Crippen LogP contribution in [-0.4, -0.2) is 51.3 Å². The molecule has 0 saturated heterocycles. The highest BCUT2D eigenvalue weighted by Gasteiger charge is 2.19. The van der Waals surface area contributed by atoms with Crippen molar-refractivity contribution in [3.63, 3.8) is 0 Å². The van der Waals surface area contributed by atoms with E-state index in [0.29, 0.717) is 17.8 Å². The van der Waals surface area contributed by atoms with Crippen molar-refractivity contribution in [2.75, 3.05) is 19.0 Å². The van der Waals surface area contributed by atoms with Crippen molar-refractivity contribution in [1.29, 1.82) is 0 Å². The summed E-state index contributed by atoms with van der Waals surface area (Å²) in [6.07, 6.45) is 1.47. The topological polar surface area (TPSA) is 131 Å². The van der Waals surface area contributed by atoms with Gasteiger partial charge in [0.1, 0.15) is 5.82 Å². The molecule has 0 spiro atoms. The monoisotopic (exact) mass is 376 g/mol. The van der Waals surface area contributed by atoms with Gasteiger partial charge in [0.15, 0.2) is 0 Å². The molecule has 0 aliphatic heterocycles. The van der Waals surface area contributed by atoms with E-state index in [1.54, 1.807) is 19.9 Å². The van der Waals surface area contributed by atoms with Crippen LogP contribution < -0.4 is 16.2 Å². The van der Waals surface area contributed by atoms with E-state index in [-0.39, 0.29) is 30.0 Å². The Balaban J connectivity index is 2.24. The van der Waals surface area contributed by atoms with Crippen molar-refractivity contribution in [3.05, 3.63) is 33.9 Å². The van der Waals surface area contributed by atoms with Gasteiger partial charge in [0, 0.05) is 31.0 Å². The molecular formula is C17H24N6O4. The summed E-state index contributed by atoms with van der Waals surface area (Å²) in [5.41, 5.74) is 0.884. The Bertz CT molecular complexity index is 873. The van der Waals surface area contributed by atoms with Gasteiger partial charge in [0.25, 0.3) is 5.56 Å². The molecule has 1 atom stereocenters. The molecule has 2 rings (SSSR count). The third-order valence-electron chi connectivity index (χ3n) is 3.56. The normalized spacial score (nSPS) is 11.9. The minimum atomic E-state index is -0.855. The van der Waals surface area contributed by atoms with Gasteiger partial charge < -0.3 is 15.4 Å². The summed E-state index contributed by atoms with van der Waals surface area (Å²) in [6, 6.07) is 2.69. The zero-order valence-corrected chi connectivity index (χ0v) is 15.8. The number of hydrogen-bond donors (Lipinski definition) is 3. The maximum atomic E-state index is 12.2. The lowest BCUT2D eigenvalue weighted by Gasteiger charge is -2.13. The van der Waals surface area contributed by atoms with Gasteiger partial charge in [-0.2, -0.15) is 9.78 Å². The van der Waals surface area contributed by atoms with Crippen LogP contribution in [-0.2, 0) is 20.7 Å². The minimum absolute atomic E-state index is 0.169. The predicted molar refractivity (Wildman–Crippen MR) is 98.8 cm³/mol. The molecule has 0 radical (unpaired) electrons.